The summed E-state index contributed by atoms with van der Waals surface area (Å²) in [5.41, 5.74) is -0.585. The van der Waals surface area contributed by atoms with E-state index in [2.05, 4.69) is 15.0 Å². The number of rotatable bonds is 7. The van der Waals surface area contributed by atoms with Crippen molar-refractivity contribution in [1.82, 2.24) is 10.3 Å². The maximum atomic E-state index is 12.9. The molecule has 0 radical (unpaired) electrons. The molecular formula is C21H17ClF3N3O3S. The molecule has 3 rings (SSSR count). The van der Waals surface area contributed by atoms with Crippen LogP contribution in [0.4, 0.5) is 18.9 Å². The minimum absolute atomic E-state index is 0.0263. The first-order valence-corrected chi connectivity index (χ1v) is 11.1. The number of aromatic nitrogens is 1. The van der Waals surface area contributed by atoms with Crippen LogP contribution in [0, 0.1) is 0 Å². The van der Waals surface area contributed by atoms with Gasteiger partial charge in [0.1, 0.15) is 0 Å². The molecule has 0 aliphatic rings. The lowest BCUT2D eigenvalue weighted by atomic mass is 10.2. The average molecular weight is 484 g/mol. The fraction of sp³-hybridized carbons (Fsp3) is 0.143. The molecule has 0 bridgehead atoms. The van der Waals surface area contributed by atoms with Crippen LogP contribution < -0.4 is 10.0 Å². The molecule has 0 saturated carbocycles. The molecule has 3 aromatic rings. The fourth-order valence-electron chi connectivity index (χ4n) is 2.76. The van der Waals surface area contributed by atoms with Crippen molar-refractivity contribution in [3.8, 4) is 0 Å². The molecule has 0 saturated heterocycles. The summed E-state index contributed by atoms with van der Waals surface area (Å²) in [6.07, 6.45) is -2.54. The van der Waals surface area contributed by atoms with Crippen molar-refractivity contribution >= 4 is 33.2 Å². The average Bonchev–Trinajstić information content (AvgIpc) is 2.74. The molecule has 11 heteroatoms. The number of carbonyl (C=O) groups is 1. The van der Waals surface area contributed by atoms with Crippen molar-refractivity contribution in [3.63, 3.8) is 0 Å². The highest BCUT2D eigenvalue weighted by Crippen LogP contribution is 2.31. The Kier molecular flexibility index (Phi) is 7.05. The molecule has 6 nitrogen and oxygen atoms in total. The fourth-order valence-corrected chi connectivity index (χ4v) is 4.04. The lowest BCUT2D eigenvalue weighted by molar-refractivity contribution is -0.137. The van der Waals surface area contributed by atoms with Crippen LogP contribution in [-0.2, 0) is 22.6 Å². The molecule has 0 aliphatic heterocycles. The highest BCUT2D eigenvalue weighted by Gasteiger charge is 2.30. The van der Waals surface area contributed by atoms with E-state index < -0.39 is 27.7 Å². The van der Waals surface area contributed by atoms with E-state index in [1.807, 2.05) is 6.07 Å². The molecule has 2 aromatic carbocycles. The number of benzene rings is 2. The first-order valence-electron chi connectivity index (χ1n) is 9.24. The SMILES string of the molecule is O=C(NCCc1ccccn1)c1cc(S(=O)(=O)Nc2cccc(C(F)(F)F)c2)ccc1Cl. The van der Waals surface area contributed by atoms with E-state index >= 15 is 0 Å². The topological polar surface area (TPSA) is 88.2 Å². The third-order valence-corrected chi connectivity index (χ3v) is 6.04. The number of nitrogens with zero attached hydrogens (tertiary/aromatic N) is 1. The Labute approximate surface area is 187 Å². The van der Waals surface area contributed by atoms with E-state index in [1.165, 1.54) is 12.1 Å². The molecule has 32 heavy (non-hydrogen) atoms. The van der Waals surface area contributed by atoms with E-state index in [9.17, 15) is 26.4 Å². The van der Waals surface area contributed by atoms with Gasteiger partial charge in [0.25, 0.3) is 15.9 Å². The summed E-state index contributed by atoms with van der Waals surface area (Å²) in [5.74, 6) is -0.595. The summed E-state index contributed by atoms with van der Waals surface area (Å²) < 4.78 is 66.1. The van der Waals surface area contributed by atoms with Crippen LogP contribution in [-0.4, -0.2) is 25.9 Å². The van der Waals surface area contributed by atoms with Gasteiger partial charge < -0.3 is 5.32 Å². The lowest BCUT2D eigenvalue weighted by Crippen LogP contribution is -2.26. The number of alkyl halides is 3. The third kappa shape index (κ3) is 5.98. The van der Waals surface area contributed by atoms with Crippen LogP contribution in [0.5, 0.6) is 0 Å². The number of amides is 1. The third-order valence-electron chi connectivity index (χ3n) is 4.33. The smallest absolute Gasteiger partial charge is 0.352 e. The van der Waals surface area contributed by atoms with Gasteiger partial charge in [-0.3, -0.25) is 14.5 Å². The minimum Gasteiger partial charge on any atom is -0.352 e. The van der Waals surface area contributed by atoms with Gasteiger partial charge in [0.05, 0.1) is 21.0 Å². The van der Waals surface area contributed by atoms with Gasteiger partial charge in [-0.25, -0.2) is 8.42 Å². The van der Waals surface area contributed by atoms with Crippen molar-refractivity contribution in [2.45, 2.75) is 17.5 Å². The first kappa shape index (κ1) is 23.6. The van der Waals surface area contributed by atoms with E-state index in [4.69, 9.17) is 11.6 Å². The normalized spacial score (nSPS) is 11.8. The molecule has 1 aromatic heterocycles. The summed E-state index contributed by atoms with van der Waals surface area (Å²) in [6, 6.07) is 12.6. The molecule has 168 valence electrons. The van der Waals surface area contributed by atoms with Crippen LogP contribution >= 0.6 is 11.6 Å². The largest absolute Gasteiger partial charge is 0.416 e. The highest BCUT2D eigenvalue weighted by molar-refractivity contribution is 7.92. The standard InChI is InChI=1S/C21H17ClF3N3O3S/c22-19-8-7-17(13-18(19)20(29)27-11-9-15-5-1-2-10-26-15)32(30,31)28-16-6-3-4-14(12-16)21(23,24)25/h1-8,10,12-13,28H,9,11H2,(H,27,29). The van der Waals surface area contributed by atoms with Crippen LogP contribution in [0.3, 0.4) is 0 Å². The second-order valence-corrected chi connectivity index (χ2v) is 8.74. The number of hydrogen-bond acceptors (Lipinski definition) is 4. The zero-order valence-electron chi connectivity index (χ0n) is 16.4. The van der Waals surface area contributed by atoms with Crippen LogP contribution in [0.25, 0.3) is 0 Å². The van der Waals surface area contributed by atoms with E-state index in [0.29, 0.717) is 12.5 Å². The van der Waals surface area contributed by atoms with Gasteiger partial charge in [-0.2, -0.15) is 13.2 Å². The number of nitrogens with one attached hydrogen (secondary N) is 2. The highest BCUT2D eigenvalue weighted by atomic mass is 35.5. The second kappa shape index (κ2) is 9.58. The number of carbonyl (C=O) groups excluding carboxylic acids is 1. The zero-order chi connectivity index (χ0) is 23.4. The molecule has 0 aliphatic carbocycles. The van der Waals surface area contributed by atoms with Crippen molar-refractivity contribution in [2.24, 2.45) is 0 Å². The molecule has 1 amide bonds. The Hall–Kier alpha value is -3.11. The molecule has 1 heterocycles. The van der Waals surface area contributed by atoms with Gasteiger partial charge in [-0.15, -0.1) is 0 Å². The number of sulfonamides is 1. The maximum absolute atomic E-state index is 12.9. The quantitative estimate of drug-likeness (QED) is 0.517. The number of pyridine rings is 1. The number of anilines is 1. The van der Waals surface area contributed by atoms with Gasteiger partial charge in [-0.1, -0.05) is 23.7 Å². The van der Waals surface area contributed by atoms with Crippen molar-refractivity contribution in [2.75, 3.05) is 11.3 Å². The Morgan fingerprint density at radius 3 is 2.50 bits per heavy atom. The molecular weight excluding hydrogens is 467 g/mol. The maximum Gasteiger partial charge on any atom is 0.416 e. The molecule has 2 N–H and O–H groups in total. The lowest BCUT2D eigenvalue weighted by Gasteiger charge is -2.13. The summed E-state index contributed by atoms with van der Waals surface area (Å²) >= 11 is 6.05. The van der Waals surface area contributed by atoms with Gasteiger partial charge in [0.2, 0.25) is 0 Å². The van der Waals surface area contributed by atoms with Crippen molar-refractivity contribution in [3.05, 3.63) is 88.7 Å². The number of halogens is 4. The minimum atomic E-state index is -4.62. The summed E-state index contributed by atoms with van der Waals surface area (Å²) in [5, 5.41) is 2.66. The Morgan fingerprint density at radius 1 is 1.03 bits per heavy atom. The van der Waals surface area contributed by atoms with Crippen LogP contribution in [0.2, 0.25) is 5.02 Å². The predicted molar refractivity (Wildman–Crippen MR) is 114 cm³/mol. The van der Waals surface area contributed by atoms with Gasteiger partial charge >= 0.3 is 6.18 Å². The van der Waals surface area contributed by atoms with E-state index in [0.717, 1.165) is 30.0 Å². The molecule has 0 fully saturated rings. The monoisotopic (exact) mass is 483 g/mol. The van der Waals surface area contributed by atoms with Gasteiger partial charge in [0, 0.05) is 30.5 Å². The summed E-state index contributed by atoms with van der Waals surface area (Å²) in [4.78, 5) is 16.3. The number of hydrogen-bond donors (Lipinski definition) is 2. The molecule has 0 atom stereocenters. The van der Waals surface area contributed by atoms with Crippen molar-refractivity contribution < 1.29 is 26.4 Å². The Morgan fingerprint density at radius 2 is 1.81 bits per heavy atom. The second-order valence-electron chi connectivity index (χ2n) is 6.65. The zero-order valence-corrected chi connectivity index (χ0v) is 17.9. The van der Waals surface area contributed by atoms with E-state index in [1.54, 1.807) is 18.3 Å². The summed E-state index contributed by atoms with van der Waals surface area (Å²) in [7, 11) is -4.28. The van der Waals surface area contributed by atoms with Gasteiger partial charge in [0.15, 0.2) is 0 Å². The van der Waals surface area contributed by atoms with Crippen molar-refractivity contribution in [1.29, 1.82) is 0 Å². The Bertz CT molecular complexity index is 1220. The predicted octanol–water partition coefficient (Wildman–Crippen LogP) is 4.53. The molecule has 0 unspecified atom stereocenters. The van der Waals surface area contributed by atoms with Gasteiger partial charge in [-0.05, 0) is 48.5 Å². The van der Waals surface area contributed by atoms with E-state index in [-0.39, 0.29) is 27.7 Å². The molecule has 0 spiro atoms. The van der Waals surface area contributed by atoms with Crippen LogP contribution in [0.1, 0.15) is 21.6 Å². The van der Waals surface area contributed by atoms with Crippen LogP contribution in [0.15, 0.2) is 71.8 Å². The summed E-state index contributed by atoms with van der Waals surface area (Å²) in [6.45, 7) is 0.242. The Balaban J connectivity index is 1.75. The first-order chi connectivity index (χ1) is 15.1.